The summed E-state index contributed by atoms with van der Waals surface area (Å²) in [6.07, 6.45) is 5.34. The maximum absolute atomic E-state index is 9.58. The number of nitrogens with one attached hydrogen (secondary N) is 1. The number of benzene rings is 1. The molecule has 2 aliphatic heterocycles. The third-order valence-electron chi connectivity index (χ3n) is 3.81. The molecule has 5 nitrogen and oxygen atoms in total. The number of aliphatic hydroxyl groups is 1. The van der Waals surface area contributed by atoms with E-state index >= 15 is 0 Å². The Labute approximate surface area is 124 Å². The van der Waals surface area contributed by atoms with Gasteiger partial charge in [-0.3, -0.25) is 5.01 Å². The van der Waals surface area contributed by atoms with E-state index in [-0.39, 0.29) is 0 Å². The van der Waals surface area contributed by atoms with Gasteiger partial charge < -0.3 is 15.2 Å². The Morgan fingerprint density at radius 3 is 2.62 bits per heavy atom. The monoisotopic (exact) mass is 287 g/mol. The summed E-state index contributed by atoms with van der Waals surface area (Å²) in [6.45, 7) is 2.05. The molecule has 0 radical (unpaired) electrons. The Bertz CT molecular complexity index is 533. The van der Waals surface area contributed by atoms with Gasteiger partial charge >= 0.3 is 0 Å². The number of ether oxygens (including phenoxy) is 1. The first-order chi connectivity index (χ1) is 10.2. The molecule has 21 heavy (non-hydrogen) atoms. The highest BCUT2D eigenvalue weighted by Gasteiger charge is 2.15. The maximum atomic E-state index is 9.58. The van der Waals surface area contributed by atoms with Gasteiger partial charge in [-0.2, -0.15) is 5.10 Å². The van der Waals surface area contributed by atoms with E-state index in [0.717, 1.165) is 43.0 Å². The molecule has 1 aromatic carbocycles. The fourth-order valence-corrected chi connectivity index (χ4v) is 2.53. The molecule has 5 heteroatoms. The molecule has 2 aliphatic rings. The fourth-order valence-electron chi connectivity index (χ4n) is 2.53. The minimum atomic E-state index is -0.642. The zero-order chi connectivity index (χ0) is 14.7. The summed E-state index contributed by atoms with van der Waals surface area (Å²) < 4.78 is 5.99. The highest BCUT2D eigenvalue weighted by Crippen LogP contribution is 2.19. The van der Waals surface area contributed by atoms with Gasteiger partial charge in [-0.05, 0) is 62.3 Å². The lowest BCUT2D eigenvalue weighted by Crippen LogP contribution is -2.34. The number of hydrogen-bond donors (Lipinski definition) is 2. The number of allylic oxidation sites excluding steroid dienone is 1. The molecule has 0 spiro atoms. The Hall–Kier alpha value is -1.85. The summed E-state index contributed by atoms with van der Waals surface area (Å²) in [5, 5.41) is 18.8. The highest BCUT2D eigenvalue weighted by atomic mass is 16.5. The Morgan fingerprint density at radius 1 is 1.24 bits per heavy atom. The van der Waals surface area contributed by atoms with Gasteiger partial charge in [0.15, 0.2) is 6.23 Å². The molecule has 2 N–H and O–H groups in total. The lowest BCUT2D eigenvalue weighted by Gasteiger charge is -2.24. The second-order valence-corrected chi connectivity index (χ2v) is 5.42. The third-order valence-corrected chi connectivity index (χ3v) is 3.81. The van der Waals surface area contributed by atoms with Crippen LogP contribution in [-0.2, 0) is 0 Å². The van der Waals surface area contributed by atoms with Crippen LogP contribution in [0, 0.1) is 0 Å². The van der Waals surface area contributed by atoms with Crippen molar-refractivity contribution in [1.29, 1.82) is 0 Å². The summed E-state index contributed by atoms with van der Waals surface area (Å²) in [5.74, 6) is 0.902. The van der Waals surface area contributed by atoms with Crippen LogP contribution in [0.4, 0.5) is 0 Å². The minimum absolute atomic E-state index is 0.310. The summed E-state index contributed by atoms with van der Waals surface area (Å²) in [5.41, 5.74) is 1.86. The number of hydrazone groups is 1. The molecule has 2 heterocycles. The van der Waals surface area contributed by atoms with Crippen molar-refractivity contribution in [3.63, 3.8) is 0 Å². The average molecular weight is 287 g/mol. The predicted octanol–water partition coefficient (Wildman–Crippen LogP) is 1.34. The number of aliphatic hydroxyl groups excluding tert-OH is 1. The van der Waals surface area contributed by atoms with Crippen molar-refractivity contribution in [3.05, 3.63) is 42.0 Å². The van der Waals surface area contributed by atoms with Crippen molar-refractivity contribution in [3.8, 4) is 5.75 Å². The molecule has 1 fully saturated rings. The zero-order valence-electron chi connectivity index (χ0n) is 12.2. The van der Waals surface area contributed by atoms with Crippen LogP contribution in [0.2, 0.25) is 0 Å². The molecule has 1 aromatic rings. The van der Waals surface area contributed by atoms with Gasteiger partial charge in [-0.15, -0.1) is 0 Å². The van der Waals surface area contributed by atoms with E-state index in [9.17, 15) is 5.11 Å². The van der Waals surface area contributed by atoms with Gasteiger partial charge in [-0.1, -0.05) is 0 Å². The topological polar surface area (TPSA) is 57.1 Å². The van der Waals surface area contributed by atoms with Crippen molar-refractivity contribution in [2.24, 2.45) is 5.10 Å². The van der Waals surface area contributed by atoms with Gasteiger partial charge in [0.2, 0.25) is 0 Å². The van der Waals surface area contributed by atoms with Crippen LogP contribution in [0.15, 0.2) is 41.5 Å². The second kappa shape index (κ2) is 6.28. The van der Waals surface area contributed by atoms with E-state index in [1.807, 2.05) is 30.3 Å². The van der Waals surface area contributed by atoms with Crippen molar-refractivity contribution >= 4 is 5.71 Å². The van der Waals surface area contributed by atoms with Crippen LogP contribution < -0.4 is 10.1 Å². The fraction of sp³-hybridized carbons (Fsp3) is 0.438. The standard InChI is InChI=1S/C16H21N3O2/c1-19-16(20)7-6-15(18-19)12-2-4-13(5-3-12)21-14-8-10-17-11-9-14/h2-7,14,16-17,20H,8-11H2,1H3. The number of hydrogen-bond acceptors (Lipinski definition) is 5. The van der Waals surface area contributed by atoms with Crippen LogP contribution in [0.1, 0.15) is 18.4 Å². The molecule has 0 saturated carbocycles. The molecule has 0 bridgehead atoms. The van der Waals surface area contributed by atoms with Gasteiger partial charge in [0.1, 0.15) is 11.9 Å². The number of likely N-dealkylation sites (N-methyl/N-ethyl adjacent to an activating group) is 1. The van der Waals surface area contributed by atoms with Crippen LogP contribution >= 0.6 is 0 Å². The molecular weight excluding hydrogens is 266 g/mol. The van der Waals surface area contributed by atoms with Gasteiger partial charge in [0.05, 0.1) is 5.71 Å². The molecule has 1 saturated heterocycles. The second-order valence-electron chi connectivity index (χ2n) is 5.42. The van der Waals surface area contributed by atoms with E-state index < -0.39 is 6.23 Å². The van der Waals surface area contributed by atoms with Crippen molar-refractivity contribution in [2.75, 3.05) is 20.1 Å². The average Bonchev–Trinajstić information content (AvgIpc) is 2.52. The van der Waals surface area contributed by atoms with Crippen molar-refractivity contribution in [2.45, 2.75) is 25.2 Å². The molecule has 0 amide bonds. The molecule has 3 rings (SSSR count). The first-order valence-corrected chi connectivity index (χ1v) is 7.38. The number of nitrogens with zero attached hydrogens (tertiary/aromatic N) is 2. The van der Waals surface area contributed by atoms with Gasteiger partial charge in [-0.25, -0.2) is 0 Å². The van der Waals surface area contributed by atoms with E-state index in [0.29, 0.717) is 6.10 Å². The summed E-state index contributed by atoms with van der Waals surface area (Å²) >= 11 is 0. The Morgan fingerprint density at radius 2 is 1.95 bits per heavy atom. The van der Waals surface area contributed by atoms with Crippen LogP contribution in [0.5, 0.6) is 5.75 Å². The first-order valence-electron chi connectivity index (χ1n) is 7.38. The number of piperidine rings is 1. The predicted molar refractivity (Wildman–Crippen MR) is 82.4 cm³/mol. The summed E-state index contributed by atoms with van der Waals surface area (Å²) in [7, 11) is 1.75. The Kier molecular flexibility index (Phi) is 4.22. The van der Waals surface area contributed by atoms with E-state index in [2.05, 4.69) is 10.4 Å². The van der Waals surface area contributed by atoms with E-state index in [4.69, 9.17) is 4.74 Å². The van der Waals surface area contributed by atoms with Crippen LogP contribution in [-0.4, -0.2) is 48.3 Å². The molecule has 1 unspecified atom stereocenters. The summed E-state index contributed by atoms with van der Waals surface area (Å²) in [4.78, 5) is 0. The highest BCUT2D eigenvalue weighted by molar-refractivity contribution is 6.08. The van der Waals surface area contributed by atoms with Gasteiger partial charge in [0, 0.05) is 12.6 Å². The van der Waals surface area contributed by atoms with Crippen molar-refractivity contribution in [1.82, 2.24) is 10.3 Å². The normalized spacial score (nSPS) is 23.0. The molecule has 0 aromatic heterocycles. The zero-order valence-corrected chi connectivity index (χ0v) is 12.2. The number of rotatable bonds is 3. The van der Waals surface area contributed by atoms with Crippen LogP contribution in [0.25, 0.3) is 0 Å². The minimum Gasteiger partial charge on any atom is -0.490 e. The van der Waals surface area contributed by atoms with E-state index in [1.165, 1.54) is 5.01 Å². The van der Waals surface area contributed by atoms with E-state index in [1.54, 1.807) is 13.1 Å². The van der Waals surface area contributed by atoms with Crippen LogP contribution in [0.3, 0.4) is 0 Å². The lowest BCUT2D eigenvalue weighted by molar-refractivity contribution is 0.0635. The smallest absolute Gasteiger partial charge is 0.161 e. The van der Waals surface area contributed by atoms with Gasteiger partial charge in [0.25, 0.3) is 0 Å². The first kappa shape index (κ1) is 14.1. The third kappa shape index (κ3) is 3.43. The maximum Gasteiger partial charge on any atom is 0.161 e. The Balaban J connectivity index is 1.66. The van der Waals surface area contributed by atoms with Crippen molar-refractivity contribution < 1.29 is 9.84 Å². The molecular formula is C16H21N3O2. The lowest BCUT2D eigenvalue weighted by atomic mass is 10.1. The quantitative estimate of drug-likeness (QED) is 0.881. The molecule has 112 valence electrons. The molecule has 1 atom stereocenters. The SMILES string of the molecule is CN1N=C(c2ccc(OC3CCNCC3)cc2)C=CC1O. The molecule has 0 aliphatic carbocycles. The largest absolute Gasteiger partial charge is 0.490 e. The summed E-state index contributed by atoms with van der Waals surface area (Å²) in [6, 6.07) is 7.98.